The molecule has 3 nitrogen and oxygen atoms in total. The molecular weight excluding hydrogens is 248 g/mol. The first-order valence-electron chi connectivity index (χ1n) is 7.26. The van der Waals surface area contributed by atoms with Crippen LogP contribution in [0.25, 0.3) is 0 Å². The molecule has 0 saturated heterocycles. The van der Waals surface area contributed by atoms with E-state index in [2.05, 4.69) is 47.6 Å². The van der Waals surface area contributed by atoms with Gasteiger partial charge in [-0.2, -0.15) is 0 Å². The van der Waals surface area contributed by atoms with Crippen LogP contribution in [-0.4, -0.2) is 25.0 Å². The second-order valence-corrected chi connectivity index (χ2v) is 5.82. The lowest BCUT2D eigenvalue weighted by molar-refractivity contribution is 0.250. The van der Waals surface area contributed by atoms with E-state index < -0.39 is 0 Å². The molecule has 1 aromatic heterocycles. The number of nitrogens with zero attached hydrogens (tertiary/aromatic N) is 1. The van der Waals surface area contributed by atoms with Gasteiger partial charge in [0.25, 0.3) is 0 Å². The Labute approximate surface area is 120 Å². The zero-order valence-electron chi connectivity index (χ0n) is 12.2. The third kappa shape index (κ3) is 3.05. The third-order valence-electron chi connectivity index (χ3n) is 3.90. The molecule has 0 spiro atoms. The summed E-state index contributed by atoms with van der Waals surface area (Å²) >= 11 is 0. The van der Waals surface area contributed by atoms with Gasteiger partial charge in [-0.1, -0.05) is 18.2 Å². The molecule has 1 atom stereocenters. The summed E-state index contributed by atoms with van der Waals surface area (Å²) in [6, 6.07) is 12.7. The van der Waals surface area contributed by atoms with Crippen molar-refractivity contribution in [1.82, 2.24) is 4.90 Å². The van der Waals surface area contributed by atoms with Gasteiger partial charge in [-0.25, -0.2) is 0 Å². The quantitative estimate of drug-likeness (QED) is 0.924. The fraction of sp³-hybridized carbons (Fsp3) is 0.412. The van der Waals surface area contributed by atoms with Gasteiger partial charge in [0.05, 0.1) is 6.54 Å². The molecule has 2 heterocycles. The molecule has 20 heavy (non-hydrogen) atoms. The molecule has 1 aromatic carbocycles. The summed E-state index contributed by atoms with van der Waals surface area (Å²) in [7, 11) is 2.17. The van der Waals surface area contributed by atoms with Gasteiger partial charge >= 0.3 is 0 Å². The van der Waals surface area contributed by atoms with Crippen LogP contribution in [0.15, 0.2) is 40.8 Å². The van der Waals surface area contributed by atoms with Crippen molar-refractivity contribution < 1.29 is 4.42 Å². The highest BCUT2D eigenvalue weighted by atomic mass is 16.3. The topological polar surface area (TPSA) is 28.4 Å². The summed E-state index contributed by atoms with van der Waals surface area (Å²) in [5.74, 6) is 2.70. The minimum atomic E-state index is 0.658. The highest BCUT2D eigenvalue weighted by Crippen LogP contribution is 2.24. The van der Waals surface area contributed by atoms with Crippen molar-refractivity contribution in [2.24, 2.45) is 5.92 Å². The standard InChI is InChI=1S/C17H22N2O/c1-13-7-8-16(20-13)12-19(2)11-14-9-15-5-3-4-6-17(15)18-10-14/h3-8,14,18H,9-12H2,1-2H3. The predicted molar refractivity (Wildman–Crippen MR) is 81.9 cm³/mol. The average molecular weight is 270 g/mol. The monoisotopic (exact) mass is 270 g/mol. The summed E-state index contributed by atoms with van der Waals surface area (Å²) in [6.07, 6.45) is 1.16. The molecule has 1 N–H and O–H groups in total. The van der Waals surface area contributed by atoms with E-state index in [-0.39, 0.29) is 0 Å². The maximum atomic E-state index is 5.64. The van der Waals surface area contributed by atoms with Crippen LogP contribution in [0.2, 0.25) is 0 Å². The zero-order chi connectivity index (χ0) is 13.9. The predicted octanol–water partition coefficient (Wildman–Crippen LogP) is 3.30. The van der Waals surface area contributed by atoms with Gasteiger partial charge in [0.2, 0.25) is 0 Å². The minimum Gasteiger partial charge on any atom is -0.465 e. The molecular formula is C17H22N2O. The van der Waals surface area contributed by atoms with Crippen LogP contribution in [0, 0.1) is 12.8 Å². The molecule has 0 saturated carbocycles. The van der Waals surface area contributed by atoms with E-state index >= 15 is 0 Å². The summed E-state index contributed by atoms with van der Waals surface area (Å²) in [4.78, 5) is 2.35. The molecule has 1 unspecified atom stereocenters. The second-order valence-electron chi connectivity index (χ2n) is 5.82. The summed E-state index contributed by atoms with van der Waals surface area (Å²) in [5, 5.41) is 3.54. The molecule has 0 aliphatic carbocycles. The molecule has 0 fully saturated rings. The number of aryl methyl sites for hydroxylation is 1. The number of nitrogens with one attached hydrogen (secondary N) is 1. The number of furan rings is 1. The SMILES string of the molecule is Cc1ccc(CN(C)CC2CNc3ccccc3C2)o1. The molecule has 0 bridgehead atoms. The normalized spacial score (nSPS) is 17.9. The number of hydrogen-bond acceptors (Lipinski definition) is 3. The lowest BCUT2D eigenvalue weighted by Crippen LogP contribution is -2.33. The zero-order valence-corrected chi connectivity index (χ0v) is 12.2. The van der Waals surface area contributed by atoms with Crippen LogP contribution in [-0.2, 0) is 13.0 Å². The van der Waals surface area contributed by atoms with Crippen molar-refractivity contribution >= 4 is 5.69 Å². The molecule has 0 radical (unpaired) electrons. The van der Waals surface area contributed by atoms with Gasteiger partial charge < -0.3 is 9.73 Å². The second kappa shape index (κ2) is 5.71. The third-order valence-corrected chi connectivity index (χ3v) is 3.90. The minimum absolute atomic E-state index is 0.658. The number of hydrogen-bond donors (Lipinski definition) is 1. The summed E-state index contributed by atoms with van der Waals surface area (Å²) in [5.41, 5.74) is 2.74. The first-order valence-corrected chi connectivity index (χ1v) is 7.26. The van der Waals surface area contributed by atoms with E-state index in [1.165, 1.54) is 11.3 Å². The molecule has 2 aromatic rings. The van der Waals surface area contributed by atoms with Gasteiger partial charge in [-0.15, -0.1) is 0 Å². The van der Waals surface area contributed by atoms with Crippen LogP contribution in [0.3, 0.4) is 0 Å². The Balaban J connectivity index is 1.56. The molecule has 1 aliphatic rings. The van der Waals surface area contributed by atoms with Gasteiger partial charge in [0.15, 0.2) is 0 Å². The van der Waals surface area contributed by atoms with Crippen LogP contribution in [0.5, 0.6) is 0 Å². The van der Waals surface area contributed by atoms with Crippen LogP contribution in [0.1, 0.15) is 17.1 Å². The van der Waals surface area contributed by atoms with Crippen LogP contribution >= 0.6 is 0 Å². The lowest BCUT2D eigenvalue weighted by atomic mass is 9.93. The number of rotatable bonds is 4. The van der Waals surface area contributed by atoms with E-state index in [1.807, 2.05) is 13.0 Å². The smallest absolute Gasteiger partial charge is 0.118 e. The average Bonchev–Trinajstić information content (AvgIpc) is 2.83. The van der Waals surface area contributed by atoms with Crippen molar-refractivity contribution in [1.29, 1.82) is 0 Å². The van der Waals surface area contributed by atoms with Crippen molar-refractivity contribution in [2.75, 3.05) is 25.5 Å². The van der Waals surface area contributed by atoms with E-state index in [0.29, 0.717) is 5.92 Å². The largest absolute Gasteiger partial charge is 0.465 e. The lowest BCUT2D eigenvalue weighted by Gasteiger charge is -2.29. The maximum absolute atomic E-state index is 5.64. The van der Waals surface area contributed by atoms with E-state index in [4.69, 9.17) is 4.42 Å². The number of para-hydroxylation sites is 1. The van der Waals surface area contributed by atoms with Crippen molar-refractivity contribution in [3.8, 4) is 0 Å². The number of benzene rings is 1. The van der Waals surface area contributed by atoms with Gasteiger partial charge in [-0.05, 0) is 50.1 Å². The van der Waals surface area contributed by atoms with Gasteiger partial charge in [-0.3, -0.25) is 4.90 Å². The molecule has 3 rings (SSSR count). The number of fused-ring (bicyclic) bond motifs is 1. The van der Waals surface area contributed by atoms with E-state index in [0.717, 1.165) is 37.6 Å². The molecule has 1 aliphatic heterocycles. The van der Waals surface area contributed by atoms with E-state index in [9.17, 15) is 0 Å². The Morgan fingerprint density at radius 3 is 2.90 bits per heavy atom. The molecule has 3 heteroatoms. The number of anilines is 1. The van der Waals surface area contributed by atoms with E-state index in [1.54, 1.807) is 0 Å². The molecule has 106 valence electrons. The Morgan fingerprint density at radius 1 is 1.25 bits per heavy atom. The highest BCUT2D eigenvalue weighted by molar-refractivity contribution is 5.53. The first kappa shape index (κ1) is 13.3. The molecule has 0 amide bonds. The Bertz CT molecular complexity index is 576. The van der Waals surface area contributed by atoms with Crippen molar-refractivity contribution in [2.45, 2.75) is 19.9 Å². The maximum Gasteiger partial charge on any atom is 0.118 e. The van der Waals surface area contributed by atoms with Crippen molar-refractivity contribution in [3.63, 3.8) is 0 Å². The van der Waals surface area contributed by atoms with Gasteiger partial charge in [0.1, 0.15) is 11.5 Å². The van der Waals surface area contributed by atoms with Crippen LogP contribution < -0.4 is 5.32 Å². The summed E-state index contributed by atoms with van der Waals surface area (Å²) in [6.45, 7) is 5.01. The summed E-state index contributed by atoms with van der Waals surface area (Å²) < 4.78 is 5.64. The fourth-order valence-corrected chi connectivity index (χ4v) is 2.98. The van der Waals surface area contributed by atoms with Gasteiger partial charge in [0, 0.05) is 18.8 Å². The highest BCUT2D eigenvalue weighted by Gasteiger charge is 2.19. The van der Waals surface area contributed by atoms with Crippen molar-refractivity contribution in [3.05, 3.63) is 53.5 Å². The Kier molecular flexibility index (Phi) is 3.79. The fourth-order valence-electron chi connectivity index (χ4n) is 2.98. The first-order chi connectivity index (χ1) is 9.70. The van der Waals surface area contributed by atoms with Crippen LogP contribution in [0.4, 0.5) is 5.69 Å². The Morgan fingerprint density at radius 2 is 2.10 bits per heavy atom. The Hall–Kier alpha value is -1.74.